The lowest BCUT2D eigenvalue weighted by Crippen LogP contribution is -2.13. The Kier molecular flexibility index (Phi) is 19.5. The molecule has 2 unspecified atom stereocenters. The van der Waals surface area contributed by atoms with Crippen molar-refractivity contribution >= 4 is 46.0 Å². The first-order valence-electron chi connectivity index (χ1n) is 26.7. The Labute approximate surface area is 473 Å². The Morgan fingerprint density at radius 1 is 0.613 bits per heavy atom. The summed E-state index contributed by atoms with van der Waals surface area (Å²) in [6, 6.07) is 67.3. The zero-order valence-corrected chi connectivity index (χ0v) is 45.4. The quantitative estimate of drug-likeness (QED) is 0.0419. The normalized spacial score (nSPS) is 16.1. The first-order chi connectivity index (χ1) is 39.2. The number of carbonyl (C=O) groups is 2. The predicted molar refractivity (Wildman–Crippen MR) is 338 cm³/mol. The van der Waals surface area contributed by atoms with Gasteiger partial charge in [0.2, 0.25) is 0 Å². The van der Waals surface area contributed by atoms with E-state index in [-0.39, 0.29) is 23.4 Å². The molecule has 0 aromatic heterocycles. The van der Waals surface area contributed by atoms with Gasteiger partial charge in [-0.25, -0.2) is 0 Å². The number of rotatable bonds is 16. The van der Waals surface area contributed by atoms with E-state index in [0.717, 1.165) is 67.7 Å². The van der Waals surface area contributed by atoms with Crippen molar-refractivity contribution in [3.05, 3.63) is 365 Å². The summed E-state index contributed by atoms with van der Waals surface area (Å²) in [5.74, 6) is 1.13. The van der Waals surface area contributed by atoms with E-state index in [1.165, 1.54) is 11.1 Å². The van der Waals surface area contributed by atoms with Gasteiger partial charge in [0.25, 0.3) is 0 Å². The second-order valence-electron chi connectivity index (χ2n) is 19.2. The van der Waals surface area contributed by atoms with Gasteiger partial charge >= 0.3 is 0 Å². The highest BCUT2D eigenvalue weighted by molar-refractivity contribution is 6.48. The van der Waals surface area contributed by atoms with Crippen molar-refractivity contribution in [1.82, 2.24) is 0 Å². The van der Waals surface area contributed by atoms with Gasteiger partial charge in [-0.2, -0.15) is 0 Å². The number of allylic oxidation sites excluding steroid dienone is 20. The predicted octanol–water partition coefficient (Wildman–Crippen LogP) is 18.6. The van der Waals surface area contributed by atoms with Gasteiger partial charge in [0, 0.05) is 39.7 Å². The van der Waals surface area contributed by atoms with Crippen LogP contribution < -0.4 is 4.74 Å². The second kappa shape index (κ2) is 27.8. The van der Waals surface area contributed by atoms with Crippen LogP contribution in [0.2, 0.25) is 0 Å². The molecule has 0 saturated carbocycles. The van der Waals surface area contributed by atoms with Crippen molar-refractivity contribution in [2.75, 3.05) is 0 Å². The Hall–Kier alpha value is -10.1. The van der Waals surface area contributed by atoms with E-state index < -0.39 is 0 Å². The lowest BCUT2D eigenvalue weighted by atomic mass is 9.78. The maximum Gasteiger partial charge on any atom is 0.195 e. The minimum atomic E-state index is -0.296. The number of Topliss-reactive ketones (excluding diaryl/α,β-unsaturated/α-hetero) is 2. The number of ketones is 2. The molecule has 0 fully saturated rings. The molecule has 80 heavy (non-hydrogen) atoms. The van der Waals surface area contributed by atoms with Crippen LogP contribution in [0.5, 0.6) is 5.75 Å². The Morgan fingerprint density at radius 2 is 1.18 bits per heavy atom. The molecule has 0 aliphatic heterocycles. The van der Waals surface area contributed by atoms with Crippen LogP contribution in [0.15, 0.2) is 320 Å². The molecule has 3 aliphatic rings. The van der Waals surface area contributed by atoms with E-state index in [2.05, 4.69) is 118 Å². The highest BCUT2D eigenvalue weighted by Gasteiger charge is 2.36. The van der Waals surface area contributed by atoms with Gasteiger partial charge in [0.05, 0.1) is 0 Å². The van der Waals surface area contributed by atoms with Crippen LogP contribution in [0, 0.1) is 25.7 Å². The van der Waals surface area contributed by atoms with E-state index in [1.54, 1.807) is 19.1 Å². The molecule has 0 spiro atoms. The van der Waals surface area contributed by atoms with Crippen molar-refractivity contribution < 1.29 is 14.3 Å². The highest BCUT2D eigenvalue weighted by atomic mass is 16.5. The number of hydrogen-bond donors (Lipinski definition) is 0. The lowest BCUT2D eigenvalue weighted by Gasteiger charge is -2.25. The molecule has 0 radical (unpaired) electrons. The molecular formula is C77H64O3. The molecule has 0 bridgehead atoms. The molecule has 10 rings (SSSR count). The molecule has 3 nitrogen and oxygen atoms in total. The van der Waals surface area contributed by atoms with E-state index in [9.17, 15) is 9.59 Å². The summed E-state index contributed by atoms with van der Waals surface area (Å²) in [4.78, 5) is 29.0. The summed E-state index contributed by atoms with van der Waals surface area (Å²) in [5, 5.41) is 0. The third-order valence-electron chi connectivity index (χ3n) is 13.9. The van der Waals surface area contributed by atoms with E-state index in [0.29, 0.717) is 33.8 Å². The summed E-state index contributed by atoms with van der Waals surface area (Å²) in [6.07, 6.45) is 34.9. The fourth-order valence-electron chi connectivity index (χ4n) is 10.1. The zero-order valence-electron chi connectivity index (χ0n) is 45.4. The van der Waals surface area contributed by atoms with Crippen LogP contribution in [0.25, 0.3) is 34.4 Å². The molecule has 3 aliphatic carbocycles. The minimum Gasteiger partial charge on any atom is -0.457 e. The average Bonchev–Trinajstić information content (AvgIpc) is 3.67. The summed E-state index contributed by atoms with van der Waals surface area (Å²) in [5.41, 5.74) is 15.3. The van der Waals surface area contributed by atoms with Gasteiger partial charge in [-0.3, -0.25) is 9.59 Å². The first kappa shape index (κ1) is 56.1. The van der Waals surface area contributed by atoms with Crippen molar-refractivity contribution in [3.8, 4) is 18.6 Å². The van der Waals surface area contributed by atoms with Crippen LogP contribution >= 0.6 is 0 Å². The lowest BCUT2D eigenvalue weighted by molar-refractivity contribution is -0.113. The summed E-state index contributed by atoms with van der Waals surface area (Å²) in [6.45, 7) is 15.4. The molecule has 7 aromatic rings. The van der Waals surface area contributed by atoms with Crippen molar-refractivity contribution in [1.29, 1.82) is 0 Å². The maximum atomic E-state index is 14.8. The van der Waals surface area contributed by atoms with E-state index >= 15 is 0 Å². The number of carbonyl (C=O) groups excluding carboxylic acids is 2. The Bertz CT molecular complexity index is 3700. The van der Waals surface area contributed by atoms with Gasteiger partial charge < -0.3 is 4.74 Å². The maximum absolute atomic E-state index is 14.8. The second-order valence-corrected chi connectivity index (χ2v) is 19.2. The Morgan fingerprint density at radius 3 is 1.74 bits per heavy atom. The molecule has 0 heterocycles. The number of terminal acetylenes is 1. The fourth-order valence-corrected chi connectivity index (χ4v) is 10.1. The minimum absolute atomic E-state index is 0.00559. The first-order valence-corrected chi connectivity index (χ1v) is 26.7. The van der Waals surface area contributed by atoms with Gasteiger partial charge in [0.15, 0.2) is 11.6 Å². The van der Waals surface area contributed by atoms with E-state index in [1.807, 2.05) is 189 Å². The van der Waals surface area contributed by atoms with E-state index in [4.69, 9.17) is 4.74 Å². The van der Waals surface area contributed by atoms with Crippen LogP contribution in [-0.2, 0) is 9.59 Å². The fraction of sp³-hybridized carbons (Fsp3) is 0.0649. The zero-order chi connectivity index (χ0) is 56.2. The number of hydrogen-bond acceptors (Lipinski definition) is 3. The summed E-state index contributed by atoms with van der Waals surface area (Å²) >= 11 is 0. The largest absolute Gasteiger partial charge is 0.457 e. The van der Waals surface area contributed by atoms with Crippen LogP contribution in [0.3, 0.4) is 0 Å². The van der Waals surface area contributed by atoms with Gasteiger partial charge in [-0.05, 0) is 112 Å². The van der Waals surface area contributed by atoms with Crippen molar-refractivity contribution in [2.24, 2.45) is 5.92 Å². The topological polar surface area (TPSA) is 43.4 Å². The molecule has 3 heteroatoms. The van der Waals surface area contributed by atoms with Gasteiger partial charge in [-0.15, -0.1) is 12.8 Å². The van der Waals surface area contributed by atoms with Crippen LogP contribution in [0.1, 0.15) is 63.8 Å². The third-order valence-corrected chi connectivity index (χ3v) is 13.9. The molecule has 0 amide bonds. The molecule has 0 saturated heterocycles. The number of benzene rings is 7. The summed E-state index contributed by atoms with van der Waals surface area (Å²) in [7, 11) is 0. The summed E-state index contributed by atoms with van der Waals surface area (Å²) < 4.78 is 6.64. The SMILES string of the molecule is C#C.C=C/C=C(\C=C)C1=C(c2ccccc2)C(c2ccc(OC3=CC=CC(C(=C(/C(C)=O)C4=CCC(c5ccccc5)C=C4)/C(=C/c4ccccc4)c4ccccc4)C=C3)cc2)=C(c2ccc(C)cc2)C1=O.C=Cc1ccccc1. The van der Waals surface area contributed by atoms with Crippen LogP contribution in [-0.4, -0.2) is 11.6 Å². The van der Waals surface area contributed by atoms with Gasteiger partial charge in [-0.1, -0.05) is 274 Å². The third kappa shape index (κ3) is 13.5. The average molecular weight is 1040 g/mol. The standard InChI is InChI=1S/C67H54O3.C8H8.C2H2/c1-5-20-49(6-2)65-63(53-27-17-10-18-28-53)64(66(67(65)69)57-33-31-46(3)32-34-57)56-40-43-59(44-41-56)70-58-30-19-29-54(39-42-58)62(60(52-25-15-9-16-26-52)45-48-21-11-7-12-22-48)61(47(4)68)55-37-35-51(36-38-55)50-23-13-8-14-24-50;1-2-8-6-4-3-5-7-8;1-2/h5-35,37-45,51,54H,1-2,36H2,3-4H3;2-7H,1H2;1-2H/b49-20+,60-45+,62-61+;;. The van der Waals surface area contributed by atoms with Gasteiger partial charge in [0.1, 0.15) is 11.5 Å². The molecular weight excluding hydrogens is 973 g/mol. The number of aryl methyl sites for hydroxylation is 1. The smallest absolute Gasteiger partial charge is 0.195 e. The molecule has 0 N–H and O–H groups in total. The van der Waals surface area contributed by atoms with Crippen molar-refractivity contribution in [2.45, 2.75) is 26.2 Å². The Balaban J connectivity index is 0.000000766. The molecule has 2 atom stereocenters. The van der Waals surface area contributed by atoms with Crippen molar-refractivity contribution in [3.63, 3.8) is 0 Å². The highest BCUT2D eigenvalue weighted by Crippen LogP contribution is 2.49. The monoisotopic (exact) mass is 1040 g/mol. The molecule has 390 valence electrons. The molecule has 7 aromatic carbocycles. The number of ether oxygens (including phenoxy) is 1. The van der Waals surface area contributed by atoms with Crippen LogP contribution in [0.4, 0.5) is 0 Å².